The van der Waals surface area contributed by atoms with E-state index in [-0.39, 0.29) is 28.8 Å². The molecule has 0 aromatic heterocycles. The number of benzene rings is 3. The van der Waals surface area contributed by atoms with Crippen LogP contribution < -0.4 is 15.0 Å². The summed E-state index contributed by atoms with van der Waals surface area (Å²) in [5.41, 5.74) is 2.38. The van der Waals surface area contributed by atoms with Gasteiger partial charge in [-0.05, 0) is 63.1 Å². The lowest BCUT2D eigenvalue weighted by Crippen LogP contribution is -2.60. The molecular formula is C28H30N2O2. The minimum Gasteiger partial charge on any atom is -0.467 e. The van der Waals surface area contributed by atoms with Crippen LogP contribution >= 0.6 is 0 Å². The lowest BCUT2D eigenvalue weighted by Gasteiger charge is -2.45. The van der Waals surface area contributed by atoms with Crippen LogP contribution in [0.15, 0.2) is 60.7 Å². The Balaban J connectivity index is 1.62. The van der Waals surface area contributed by atoms with Gasteiger partial charge in [0.1, 0.15) is 11.8 Å². The molecule has 1 fully saturated rings. The second-order valence-corrected chi connectivity index (χ2v) is 11.1. The number of carbonyl (C=O) groups excluding carboxylic acids is 1. The van der Waals surface area contributed by atoms with Crippen molar-refractivity contribution in [1.29, 1.82) is 0 Å². The number of fused-ring (bicyclic) bond motifs is 7. The molecule has 32 heavy (non-hydrogen) atoms. The SMILES string of the molecule is CC(C)(C)NC(=O)[C@H]1[C@H]2C[C@@]3(Oc4ccc5ccccc5c42)N1c1ccccc1C3(C)C. The lowest BCUT2D eigenvalue weighted by atomic mass is 9.72. The molecule has 1 N–H and O–H groups in total. The van der Waals surface area contributed by atoms with Gasteiger partial charge in [-0.15, -0.1) is 0 Å². The molecule has 3 aliphatic rings. The zero-order valence-corrected chi connectivity index (χ0v) is 19.4. The topological polar surface area (TPSA) is 41.6 Å². The largest absolute Gasteiger partial charge is 0.467 e. The van der Waals surface area contributed by atoms with E-state index in [4.69, 9.17) is 4.74 Å². The third kappa shape index (κ3) is 2.35. The van der Waals surface area contributed by atoms with Crippen molar-refractivity contribution in [3.05, 3.63) is 71.8 Å². The first-order valence-electron chi connectivity index (χ1n) is 11.6. The van der Waals surface area contributed by atoms with Crippen molar-refractivity contribution >= 4 is 22.4 Å². The number of hydrogen-bond acceptors (Lipinski definition) is 3. The number of hydrogen-bond donors (Lipinski definition) is 1. The van der Waals surface area contributed by atoms with Gasteiger partial charge in [0, 0.05) is 29.1 Å². The Kier molecular flexibility index (Phi) is 3.72. The molecule has 0 saturated carbocycles. The Morgan fingerprint density at radius 3 is 2.53 bits per heavy atom. The third-order valence-electron chi connectivity index (χ3n) is 7.71. The fourth-order valence-electron chi connectivity index (χ4n) is 6.39. The molecule has 0 unspecified atom stereocenters. The highest BCUT2D eigenvalue weighted by Crippen LogP contribution is 2.65. The first-order valence-corrected chi connectivity index (χ1v) is 11.6. The monoisotopic (exact) mass is 426 g/mol. The van der Waals surface area contributed by atoms with Crippen LogP contribution in [-0.4, -0.2) is 23.2 Å². The van der Waals surface area contributed by atoms with Gasteiger partial charge in [-0.3, -0.25) is 4.79 Å². The third-order valence-corrected chi connectivity index (χ3v) is 7.71. The summed E-state index contributed by atoms with van der Waals surface area (Å²) < 4.78 is 7.00. The van der Waals surface area contributed by atoms with E-state index in [1.165, 1.54) is 21.9 Å². The number of rotatable bonds is 1. The van der Waals surface area contributed by atoms with Crippen LogP contribution in [0.25, 0.3) is 10.8 Å². The van der Waals surface area contributed by atoms with Gasteiger partial charge in [0.15, 0.2) is 5.72 Å². The highest BCUT2D eigenvalue weighted by Gasteiger charge is 2.70. The van der Waals surface area contributed by atoms with Gasteiger partial charge in [-0.2, -0.15) is 0 Å². The van der Waals surface area contributed by atoms with Crippen LogP contribution in [0.4, 0.5) is 5.69 Å². The molecule has 1 spiro atoms. The minimum absolute atomic E-state index is 0.0554. The van der Waals surface area contributed by atoms with Gasteiger partial charge < -0.3 is 15.0 Å². The predicted molar refractivity (Wildman–Crippen MR) is 128 cm³/mol. The second-order valence-electron chi connectivity index (χ2n) is 11.1. The average molecular weight is 427 g/mol. The number of anilines is 1. The first-order chi connectivity index (χ1) is 15.1. The molecule has 3 heterocycles. The summed E-state index contributed by atoms with van der Waals surface area (Å²) >= 11 is 0. The molecule has 2 bridgehead atoms. The molecule has 1 amide bonds. The molecule has 164 valence electrons. The van der Waals surface area contributed by atoms with Crippen molar-refractivity contribution in [3.63, 3.8) is 0 Å². The average Bonchev–Trinajstić information content (AvgIpc) is 3.11. The summed E-state index contributed by atoms with van der Waals surface area (Å²) in [5, 5.41) is 5.66. The number of carbonyl (C=O) groups is 1. The molecular weight excluding hydrogens is 396 g/mol. The fourth-order valence-corrected chi connectivity index (χ4v) is 6.39. The summed E-state index contributed by atoms with van der Waals surface area (Å²) in [6, 6.07) is 20.9. The molecule has 1 saturated heterocycles. The van der Waals surface area contributed by atoms with Crippen LogP contribution in [0.2, 0.25) is 0 Å². The minimum atomic E-state index is -0.587. The summed E-state index contributed by atoms with van der Waals surface area (Å²) in [6.45, 7) is 10.7. The van der Waals surface area contributed by atoms with E-state index in [0.29, 0.717) is 0 Å². The van der Waals surface area contributed by atoms with E-state index >= 15 is 0 Å². The smallest absolute Gasteiger partial charge is 0.243 e. The Bertz CT molecular complexity index is 1270. The van der Waals surface area contributed by atoms with Gasteiger partial charge >= 0.3 is 0 Å². The van der Waals surface area contributed by atoms with Crippen molar-refractivity contribution in [1.82, 2.24) is 5.32 Å². The zero-order valence-electron chi connectivity index (χ0n) is 19.4. The van der Waals surface area contributed by atoms with Crippen LogP contribution in [0.5, 0.6) is 5.75 Å². The van der Waals surface area contributed by atoms with Crippen molar-refractivity contribution < 1.29 is 9.53 Å². The molecule has 3 aromatic rings. The van der Waals surface area contributed by atoms with E-state index in [1.807, 2.05) is 20.8 Å². The first kappa shape index (κ1) is 19.7. The molecule has 4 heteroatoms. The number of ether oxygens (including phenoxy) is 1. The van der Waals surface area contributed by atoms with E-state index in [0.717, 1.165) is 17.9 Å². The summed E-state index contributed by atoms with van der Waals surface area (Å²) in [5.74, 6) is 1.04. The van der Waals surface area contributed by atoms with Gasteiger partial charge in [-0.1, -0.05) is 48.5 Å². The van der Waals surface area contributed by atoms with Gasteiger partial charge in [0.25, 0.3) is 0 Å². The maximum atomic E-state index is 13.9. The Labute approximate surface area is 189 Å². The zero-order chi connectivity index (χ0) is 22.5. The van der Waals surface area contributed by atoms with Crippen molar-refractivity contribution in [3.8, 4) is 5.75 Å². The summed E-state index contributed by atoms with van der Waals surface area (Å²) in [7, 11) is 0. The molecule has 4 nitrogen and oxygen atoms in total. The van der Waals surface area contributed by atoms with Gasteiger partial charge in [-0.25, -0.2) is 0 Å². The van der Waals surface area contributed by atoms with Crippen molar-refractivity contribution in [2.24, 2.45) is 0 Å². The van der Waals surface area contributed by atoms with Crippen LogP contribution in [-0.2, 0) is 10.2 Å². The van der Waals surface area contributed by atoms with Crippen molar-refractivity contribution in [2.45, 2.75) is 69.7 Å². The molecule has 3 aliphatic heterocycles. The quantitative estimate of drug-likeness (QED) is 0.559. The van der Waals surface area contributed by atoms with E-state index in [9.17, 15) is 4.79 Å². The molecule has 0 aliphatic carbocycles. The van der Waals surface area contributed by atoms with Gasteiger partial charge in [0.05, 0.1) is 5.41 Å². The summed E-state index contributed by atoms with van der Waals surface area (Å²) in [6.07, 6.45) is 0.790. The Hall–Kier alpha value is -3.01. The van der Waals surface area contributed by atoms with Gasteiger partial charge in [0.2, 0.25) is 5.91 Å². The summed E-state index contributed by atoms with van der Waals surface area (Å²) in [4.78, 5) is 16.2. The van der Waals surface area contributed by atoms with Crippen LogP contribution in [0.1, 0.15) is 58.1 Å². The lowest BCUT2D eigenvalue weighted by molar-refractivity contribution is -0.124. The number of para-hydroxylation sites is 1. The second kappa shape index (κ2) is 6.06. The maximum absolute atomic E-state index is 13.9. The van der Waals surface area contributed by atoms with E-state index in [2.05, 4.69) is 84.7 Å². The molecule has 6 rings (SSSR count). The van der Waals surface area contributed by atoms with Crippen LogP contribution in [0.3, 0.4) is 0 Å². The molecule has 3 atom stereocenters. The van der Waals surface area contributed by atoms with Crippen LogP contribution in [0, 0.1) is 0 Å². The van der Waals surface area contributed by atoms with E-state index < -0.39 is 5.72 Å². The number of amides is 1. The maximum Gasteiger partial charge on any atom is 0.243 e. The number of nitrogens with one attached hydrogen (secondary N) is 1. The predicted octanol–water partition coefficient (Wildman–Crippen LogP) is 5.50. The molecule has 3 aromatic carbocycles. The Morgan fingerprint density at radius 1 is 1.03 bits per heavy atom. The highest BCUT2D eigenvalue weighted by molar-refractivity contribution is 5.95. The molecule has 0 radical (unpaired) electrons. The standard InChI is InChI=1S/C28H30N2O2/c1-26(2,3)29-25(31)24-19-16-28(27(4,5)20-12-8-9-13-21(20)30(24)28)32-22-15-14-17-10-6-7-11-18(17)23(19)22/h6-15,19,24H,16H2,1-5H3,(H,29,31)/t19-,24+,28-/m0/s1. The number of nitrogens with zero attached hydrogens (tertiary/aromatic N) is 1. The Morgan fingerprint density at radius 2 is 1.75 bits per heavy atom. The van der Waals surface area contributed by atoms with E-state index in [1.54, 1.807) is 0 Å². The highest BCUT2D eigenvalue weighted by atomic mass is 16.5. The fraction of sp³-hybridized carbons (Fsp3) is 0.393. The normalized spacial score (nSPS) is 26.8. The van der Waals surface area contributed by atoms with Crippen molar-refractivity contribution in [2.75, 3.05) is 4.90 Å².